The minimum atomic E-state index is -6.13. The fourth-order valence-electron chi connectivity index (χ4n) is 10.1. The average molecular weight is 1420 g/mol. The summed E-state index contributed by atoms with van der Waals surface area (Å²) in [6.07, 6.45) is -52.6. The zero-order valence-electron chi connectivity index (χ0n) is 47.9. The van der Waals surface area contributed by atoms with Gasteiger partial charge < -0.3 is 16.4 Å². The van der Waals surface area contributed by atoms with Crippen LogP contribution in [0.3, 0.4) is 0 Å². The molecule has 4 nitrogen and oxygen atoms in total. The predicted octanol–water partition coefficient (Wildman–Crippen LogP) is 17.0. The number of rotatable bonds is 8. The summed E-state index contributed by atoms with van der Waals surface area (Å²) in [5.41, 5.74) is -27.6. The van der Waals surface area contributed by atoms with Crippen molar-refractivity contribution in [3.63, 3.8) is 0 Å². The van der Waals surface area contributed by atoms with E-state index in [1.54, 1.807) is 0 Å². The maximum absolute atomic E-state index is 14.2. The molecular weight excluding hydrogens is 1350 g/mol. The van der Waals surface area contributed by atoms with Crippen LogP contribution in [-0.2, 0) is 81.2 Å². The summed E-state index contributed by atoms with van der Waals surface area (Å²) in [4.78, 5) is 5.14. The van der Waals surface area contributed by atoms with Crippen LogP contribution in [0.2, 0.25) is 0 Å². The Kier molecular flexibility index (Phi) is 26.0. The Hall–Kier alpha value is -4.22. The van der Waals surface area contributed by atoms with Crippen molar-refractivity contribution < 1.29 is 141 Å². The molecule has 6 N–H and O–H groups in total. The molecule has 32 heteroatoms. The molecule has 0 atom stereocenters. The SMILES string of the molecule is CC(C)(C)P(Cc1cccc(CP(C(C)(C)C)C(C)(C)C)n1)C(C)(C)C.FC(F)(F)c1cc([B-](c2cc(C(F)(F)F)cc(C(F)(F)F)c2)(c2cc(C(F)(F)F)cc(C(F)(F)F)c2)c2cc(C(F)(F)F)cc(C(F)(F)F)c2)cc(C(F)(F)F)c1.O.O.O.[Rh]. The third-order valence-corrected chi connectivity index (χ3v) is 20.9. The Morgan fingerprint density at radius 1 is 0.287 bits per heavy atom. The van der Waals surface area contributed by atoms with Crippen LogP contribution in [0.1, 0.15) is 139 Å². The van der Waals surface area contributed by atoms with Gasteiger partial charge in [-0.05, 0) is 57.0 Å². The van der Waals surface area contributed by atoms with E-state index in [1.165, 1.54) is 11.4 Å². The van der Waals surface area contributed by atoms with E-state index in [-0.39, 0.29) is 51.7 Å². The Morgan fingerprint density at radius 2 is 0.437 bits per heavy atom. The molecule has 0 saturated heterocycles. The van der Waals surface area contributed by atoms with Gasteiger partial charge >= 0.3 is 49.4 Å². The van der Waals surface area contributed by atoms with E-state index >= 15 is 0 Å². The molecule has 0 aliphatic rings. The largest absolute Gasteiger partial charge is 0.416 e. The van der Waals surface area contributed by atoms with Crippen LogP contribution in [0, 0.1) is 0 Å². The molecule has 495 valence electrons. The van der Waals surface area contributed by atoms with E-state index in [9.17, 15) is 105 Å². The summed E-state index contributed by atoms with van der Waals surface area (Å²) in [6.45, 7) is 28.7. The van der Waals surface area contributed by atoms with E-state index in [4.69, 9.17) is 4.98 Å². The number of nitrogens with zero attached hydrogens (tertiary/aromatic N) is 1. The summed E-state index contributed by atoms with van der Waals surface area (Å²) < 4.78 is 341. The minimum Gasteiger partial charge on any atom is -0.412 e. The molecular formula is C55H61BF24NO3P2Rh-. The molecule has 5 aromatic rings. The van der Waals surface area contributed by atoms with Gasteiger partial charge in [-0.15, -0.1) is 0 Å². The van der Waals surface area contributed by atoms with Crippen LogP contribution in [0.25, 0.3) is 0 Å². The summed E-state index contributed by atoms with van der Waals surface area (Å²) in [5.74, 6) is 0. The first-order chi connectivity index (χ1) is 36.7. The maximum atomic E-state index is 14.2. The van der Waals surface area contributed by atoms with E-state index in [0.29, 0.717) is 20.6 Å². The van der Waals surface area contributed by atoms with Crippen molar-refractivity contribution in [3.8, 4) is 0 Å². The van der Waals surface area contributed by atoms with Crippen molar-refractivity contribution >= 4 is 43.8 Å². The normalized spacial score (nSPS) is 13.7. The van der Waals surface area contributed by atoms with Gasteiger partial charge in [0.15, 0.2) is 0 Å². The predicted molar refractivity (Wildman–Crippen MR) is 285 cm³/mol. The van der Waals surface area contributed by atoms with Gasteiger partial charge in [0.05, 0.1) is 44.5 Å². The molecule has 0 fully saturated rings. The topological polar surface area (TPSA) is 107 Å². The second-order valence-corrected chi connectivity index (χ2v) is 31.4. The van der Waals surface area contributed by atoms with Crippen molar-refractivity contribution in [1.82, 2.24) is 4.98 Å². The van der Waals surface area contributed by atoms with Crippen LogP contribution < -0.4 is 21.9 Å². The molecule has 87 heavy (non-hydrogen) atoms. The van der Waals surface area contributed by atoms with Gasteiger partial charge in [-0.25, -0.2) is 0 Å². The summed E-state index contributed by atoms with van der Waals surface area (Å²) >= 11 is 0. The van der Waals surface area contributed by atoms with Crippen molar-refractivity contribution in [3.05, 3.63) is 147 Å². The zero-order chi connectivity index (χ0) is 64.5. The standard InChI is InChI=1S/C32H12BF24.C23H43NP2.3H2O.Rh/c34-25(35,36)13-1-14(26(37,38)39)6-21(5-13)33(22-7-15(27(40,41)42)2-16(8-22)28(43,44)45,23-9-17(29(46,47)48)3-18(10-23)30(49,50)51)24-11-19(31(52,53)54)4-20(12-24)32(55,56)57;1-20(2,3)25(21(4,5)6)16-18-14-13-15-19(24-18)17-26(22(7,8)9)23(10,11)12;;;;/h1-12H;13-15H,16-17H2,1-12H3;3*1H2;/q-1;;;;;. The Labute approximate surface area is 500 Å². The van der Waals surface area contributed by atoms with Gasteiger partial charge in [0.1, 0.15) is 6.15 Å². The third kappa shape index (κ3) is 20.9. The van der Waals surface area contributed by atoms with E-state index < -0.39 is 195 Å². The Morgan fingerprint density at radius 3 is 0.563 bits per heavy atom. The van der Waals surface area contributed by atoms with Gasteiger partial charge in [-0.1, -0.05) is 154 Å². The maximum Gasteiger partial charge on any atom is 0.416 e. The van der Waals surface area contributed by atoms with Gasteiger partial charge in [-0.2, -0.15) is 127 Å². The number of alkyl halides is 24. The molecule has 0 bridgehead atoms. The second kappa shape index (κ2) is 27.3. The van der Waals surface area contributed by atoms with Gasteiger partial charge in [0.2, 0.25) is 0 Å². The van der Waals surface area contributed by atoms with Crippen LogP contribution >= 0.6 is 15.8 Å². The first-order valence-electron chi connectivity index (χ1n) is 24.5. The number of hydrogen-bond acceptors (Lipinski definition) is 1. The molecule has 0 unspecified atom stereocenters. The number of hydrogen-bond donors (Lipinski definition) is 0. The fourth-order valence-corrected chi connectivity index (χ4v) is 17.0. The molecule has 4 aromatic carbocycles. The molecule has 1 aromatic heterocycles. The van der Waals surface area contributed by atoms with Crippen LogP contribution in [0.15, 0.2) is 91.0 Å². The first kappa shape index (κ1) is 82.8. The molecule has 0 aliphatic heterocycles. The fraction of sp³-hybridized carbons (Fsp3) is 0.473. The zero-order valence-corrected chi connectivity index (χ0v) is 51.3. The minimum absolute atomic E-state index is 0. The van der Waals surface area contributed by atoms with Gasteiger partial charge in [0.25, 0.3) is 0 Å². The van der Waals surface area contributed by atoms with E-state index in [1.807, 2.05) is 0 Å². The average Bonchev–Trinajstić information content (AvgIpc) is 3.26. The Balaban J connectivity index is 0.00000209. The van der Waals surface area contributed by atoms with E-state index in [2.05, 4.69) is 101 Å². The van der Waals surface area contributed by atoms with Crippen molar-refractivity contribution in [2.24, 2.45) is 0 Å². The van der Waals surface area contributed by atoms with Crippen molar-refractivity contribution in [1.29, 1.82) is 0 Å². The second-order valence-electron chi connectivity index (χ2n) is 23.7. The number of pyridine rings is 1. The number of halogens is 24. The van der Waals surface area contributed by atoms with Gasteiger partial charge in [-0.3, -0.25) is 4.98 Å². The number of benzene rings is 4. The molecule has 0 aliphatic carbocycles. The third-order valence-electron chi connectivity index (χ3n) is 13.2. The van der Waals surface area contributed by atoms with E-state index in [0.717, 1.165) is 12.3 Å². The molecule has 0 saturated carbocycles. The van der Waals surface area contributed by atoms with Crippen LogP contribution in [0.5, 0.6) is 0 Å². The van der Waals surface area contributed by atoms with Crippen LogP contribution in [0.4, 0.5) is 105 Å². The summed E-state index contributed by atoms with van der Waals surface area (Å²) in [5, 5.41) is 1.37. The Bertz CT molecular complexity index is 2590. The monoisotopic (exact) mass is 1420 g/mol. The summed E-state index contributed by atoms with van der Waals surface area (Å²) in [7, 11) is -0.308. The van der Waals surface area contributed by atoms with Crippen LogP contribution in [-0.4, -0.2) is 48.2 Å². The van der Waals surface area contributed by atoms with Crippen molar-refractivity contribution in [2.45, 2.75) is 165 Å². The molecule has 1 heterocycles. The van der Waals surface area contributed by atoms with Crippen molar-refractivity contribution in [2.75, 3.05) is 0 Å². The quantitative estimate of drug-likeness (QED) is 0.0861. The summed E-state index contributed by atoms with van der Waals surface area (Å²) in [6, 6.07) is -2.09. The first-order valence-corrected chi connectivity index (χ1v) is 27.6. The molecule has 0 amide bonds. The van der Waals surface area contributed by atoms with Gasteiger partial charge in [0, 0.05) is 43.2 Å². The smallest absolute Gasteiger partial charge is 0.412 e. The molecule has 0 spiro atoms. The molecule has 5 rings (SSSR count). The number of aromatic nitrogens is 1. The molecule has 1 radical (unpaired) electrons.